The molecule has 1 aromatic rings. The van der Waals surface area contributed by atoms with Gasteiger partial charge in [-0.05, 0) is 30.9 Å². The molecular weight excluding hydrogens is 288 g/mol. The Kier molecular flexibility index (Phi) is 5.34. The topological polar surface area (TPSA) is 41.6 Å². The quantitative estimate of drug-likeness (QED) is 0.908. The molecule has 1 saturated heterocycles. The molecule has 1 aromatic carbocycles. The molecule has 0 spiro atoms. The van der Waals surface area contributed by atoms with Crippen LogP contribution in [-0.2, 0) is 16.1 Å². The molecule has 1 N–H and O–H groups in total. The van der Waals surface area contributed by atoms with Crippen molar-refractivity contribution >= 4 is 5.91 Å². The average Bonchev–Trinajstić information content (AvgIpc) is 3.05. The van der Waals surface area contributed by atoms with Gasteiger partial charge in [-0.25, -0.2) is 0 Å². The second-order valence-electron chi connectivity index (χ2n) is 6.91. The van der Waals surface area contributed by atoms with Crippen LogP contribution < -0.4 is 5.32 Å². The predicted octanol–water partition coefficient (Wildman–Crippen LogP) is 2.65. The highest BCUT2D eigenvalue weighted by atomic mass is 16.5. The van der Waals surface area contributed by atoms with Crippen molar-refractivity contribution in [2.75, 3.05) is 26.3 Å². The fraction of sp³-hybridized carbons (Fsp3) is 0.632. The summed E-state index contributed by atoms with van der Waals surface area (Å²) in [5.41, 5.74) is 2.50. The van der Waals surface area contributed by atoms with Gasteiger partial charge in [0.15, 0.2) is 0 Å². The maximum atomic E-state index is 12.6. The van der Waals surface area contributed by atoms with Crippen molar-refractivity contribution < 1.29 is 9.53 Å². The van der Waals surface area contributed by atoms with Gasteiger partial charge in [-0.2, -0.15) is 0 Å². The molecule has 4 heteroatoms. The van der Waals surface area contributed by atoms with Gasteiger partial charge in [-0.15, -0.1) is 0 Å². The van der Waals surface area contributed by atoms with Crippen molar-refractivity contribution in [3.05, 3.63) is 35.4 Å². The van der Waals surface area contributed by atoms with E-state index in [-0.39, 0.29) is 11.4 Å². The first-order valence-corrected chi connectivity index (χ1v) is 8.84. The van der Waals surface area contributed by atoms with Crippen LogP contribution >= 0.6 is 0 Å². The van der Waals surface area contributed by atoms with Crippen LogP contribution in [0.15, 0.2) is 24.3 Å². The third kappa shape index (κ3) is 3.93. The molecule has 1 saturated carbocycles. The number of hydrogen-bond donors (Lipinski definition) is 1. The Labute approximate surface area is 139 Å². The van der Waals surface area contributed by atoms with Crippen molar-refractivity contribution in [2.24, 2.45) is 0 Å². The molecule has 0 atom stereocenters. The van der Waals surface area contributed by atoms with E-state index in [0.717, 1.165) is 39.1 Å². The average molecular weight is 316 g/mol. The zero-order chi connectivity index (χ0) is 16.1. The first-order chi connectivity index (χ1) is 11.2. The number of carbonyl (C=O) groups excluding carboxylic acids is 1. The van der Waals surface area contributed by atoms with E-state index in [9.17, 15) is 4.79 Å². The van der Waals surface area contributed by atoms with Crippen molar-refractivity contribution in [1.29, 1.82) is 0 Å². The van der Waals surface area contributed by atoms with Crippen molar-refractivity contribution in [3.8, 4) is 0 Å². The molecule has 1 aliphatic carbocycles. The summed E-state index contributed by atoms with van der Waals surface area (Å²) in [6, 6.07) is 8.24. The Morgan fingerprint density at radius 3 is 2.61 bits per heavy atom. The van der Waals surface area contributed by atoms with Gasteiger partial charge >= 0.3 is 0 Å². The van der Waals surface area contributed by atoms with Crippen LogP contribution in [0.4, 0.5) is 0 Å². The molecule has 126 valence electrons. The summed E-state index contributed by atoms with van der Waals surface area (Å²) < 4.78 is 5.49. The largest absolute Gasteiger partial charge is 0.379 e. The smallest absolute Gasteiger partial charge is 0.222 e. The Hall–Kier alpha value is -1.39. The molecule has 1 heterocycles. The molecule has 23 heavy (non-hydrogen) atoms. The minimum Gasteiger partial charge on any atom is -0.379 e. The molecule has 2 fully saturated rings. The van der Waals surface area contributed by atoms with Gasteiger partial charge in [0, 0.05) is 31.6 Å². The summed E-state index contributed by atoms with van der Waals surface area (Å²) in [5.74, 6) is 0.182. The van der Waals surface area contributed by atoms with E-state index in [1.807, 2.05) is 12.1 Å². The van der Waals surface area contributed by atoms with Gasteiger partial charge < -0.3 is 10.1 Å². The lowest BCUT2D eigenvalue weighted by molar-refractivity contribution is -0.125. The van der Waals surface area contributed by atoms with Crippen LogP contribution in [0, 0.1) is 6.92 Å². The summed E-state index contributed by atoms with van der Waals surface area (Å²) >= 11 is 0. The van der Waals surface area contributed by atoms with Crippen LogP contribution in [-0.4, -0.2) is 42.6 Å². The second kappa shape index (κ2) is 7.45. The fourth-order valence-electron chi connectivity index (χ4n) is 4.04. The Morgan fingerprint density at radius 1 is 1.22 bits per heavy atom. The normalized spacial score (nSPS) is 21.3. The molecule has 0 aromatic heterocycles. The highest BCUT2D eigenvalue weighted by Crippen LogP contribution is 2.38. The van der Waals surface area contributed by atoms with E-state index in [4.69, 9.17) is 4.74 Å². The first kappa shape index (κ1) is 16.5. The lowest BCUT2D eigenvalue weighted by atomic mass is 9.90. The molecular formula is C19H28N2O2. The van der Waals surface area contributed by atoms with Gasteiger partial charge in [0.05, 0.1) is 13.2 Å². The summed E-state index contributed by atoms with van der Waals surface area (Å²) in [5, 5.41) is 3.13. The number of nitrogens with zero attached hydrogens (tertiary/aromatic N) is 1. The number of nitrogens with one attached hydrogen (secondary N) is 1. The maximum absolute atomic E-state index is 12.6. The number of benzene rings is 1. The van der Waals surface area contributed by atoms with E-state index in [0.29, 0.717) is 13.0 Å². The van der Waals surface area contributed by atoms with Crippen LogP contribution in [0.2, 0.25) is 0 Å². The maximum Gasteiger partial charge on any atom is 0.222 e. The first-order valence-electron chi connectivity index (χ1n) is 8.84. The molecule has 0 unspecified atom stereocenters. The van der Waals surface area contributed by atoms with Crippen LogP contribution in [0.25, 0.3) is 0 Å². The molecule has 1 aliphatic heterocycles. The van der Waals surface area contributed by atoms with Crippen molar-refractivity contribution in [3.63, 3.8) is 0 Å². The Balaban J connectivity index is 1.59. The SMILES string of the molecule is Cc1ccccc1CNC(=O)CC1(N2CCOCC2)CCCC1. The molecule has 0 bridgehead atoms. The van der Waals surface area contributed by atoms with Gasteiger partial charge in [-0.1, -0.05) is 37.1 Å². The predicted molar refractivity (Wildman–Crippen MR) is 91.2 cm³/mol. The van der Waals surface area contributed by atoms with E-state index >= 15 is 0 Å². The summed E-state index contributed by atoms with van der Waals surface area (Å²) in [6.45, 7) is 6.24. The van der Waals surface area contributed by atoms with Crippen LogP contribution in [0.3, 0.4) is 0 Å². The highest BCUT2D eigenvalue weighted by Gasteiger charge is 2.41. The monoisotopic (exact) mass is 316 g/mol. The van der Waals surface area contributed by atoms with E-state index < -0.39 is 0 Å². The summed E-state index contributed by atoms with van der Waals surface area (Å²) in [7, 11) is 0. The lowest BCUT2D eigenvalue weighted by Crippen LogP contribution is -2.53. The number of amides is 1. The third-order valence-electron chi connectivity index (χ3n) is 5.44. The molecule has 1 amide bonds. The Bertz CT molecular complexity index is 532. The zero-order valence-electron chi connectivity index (χ0n) is 14.1. The minimum atomic E-state index is 0.0690. The molecule has 0 radical (unpaired) electrons. The van der Waals surface area contributed by atoms with Gasteiger partial charge in [-0.3, -0.25) is 9.69 Å². The standard InChI is InChI=1S/C19H28N2O2/c1-16-6-2-3-7-17(16)15-20-18(22)14-19(8-4-5-9-19)21-10-12-23-13-11-21/h2-3,6-7H,4-5,8-15H2,1H3,(H,20,22). The molecule has 4 nitrogen and oxygen atoms in total. The third-order valence-corrected chi connectivity index (χ3v) is 5.44. The lowest BCUT2D eigenvalue weighted by Gasteiger charge is -2.43. The van der Waals surface area contributed by atoms with Crippen LogP contribution in [0.5, 0.6) is 0 Å². The number of hydrogen-bond acceptors (Lipinski definition) is 3. The van der Waals surface area contributed by atoms with E-state index in [1.165, 1.54) is 24.0 Å². The highest BCUT2D eigenvalue weighted by molar-refractivity contribution is 5.77. The van der Waals surface area contributed by atoms with Gasteiger partial charge in [0.1, 0.15) is 0 Å². The van der Waals surface area contributed by atoms with Gasteiger partial charge in [0.25, 0.3) is 0 Å². The van der Waals surface area contributed by atoms with E-state index in [1.54, 1.807) is 0 Å². The number of carbonyl (C=O) groups is 1. The number of morpholine rings is 1. The fourth-order valence-corrected chi connectivity index (χ4v) is 4.04. The Morgan fingerprint density at radius 2 is 1.91 bits per heavy atom. The molecule has 3 rings (SSSR count). The van der Waals surface area contributed by atoms with Crippen molar-refractivity contribution in [2.45, 2.75) is 51.1 Å². The zero-order valence-corrected chi connectivity index (χ0v) is 14.1. The van der Waals surface area contributed by atoms with Gasteiger partial charge in [0.2, 0.25) is 5.91 Å². The second-order valence-corrected chi connectivity index (χ2v) is 6.91. The molecule has 2 aliphatic rings. The summed E-state index contributed by atoms with van der Waals surface area (Å²) in [4.78, 5) is 15.1. The van der Waals surface area contributed by atoms with Crippen molar-refractivity contribution in [1.82, 2.24) is 10.2 Å². The number of aryl methyl sites for hydroxylation is 1. The number of ether oxygens (including phenoxy) is 1. The van der Waals surface area contributed by atoms with E-state index in [2.05, 4.69) is 29.3 Å². The number of rotatable bonds is 5. The van der Waals surface area contributed by atoms with Crippen LogP contribution in [0.1, 0.15) is 43.2 Å². The summed E-state index contributed by atoms with van der Waals surface area (Å²) in [6.07, 6.45) is 5.39. The minimum absolute atomic E-state index is 0.0690.